The van der Waals surface area contributed by atoms with Gasteiger partial charge < -0.3 is 13.9 Å². The fourth-order valence-electron chi connectivity index (χ4n) is 2.03. The minimum absolute atomic E-state index is 0.341. The molecular weight excluding hydrogens is 234 g/mol. The number of fused-ring (bicyclic) bond motifs is 1. The van der Waals surface area contributed by atoms with Crippen LogP contribution in [0.3, 0.4) is 0 Å². The molecule has 1 atom stereocenters. The molecule has 1 aromatic heterocycles. The number of carbonyl (C=O) groups excluding carboxylic acids is 1. The van der Waals surface area contributed by atoms with E-state index in [0.717, 1.165) is 12.8 Å². The molecule has 3 rings (SSSR count). The highest BCUT2D eigenvalue weighted by Gasteiger charge is 2.25. The summed E-state index contributed by atoms with van der Waals surface area (Å²) in [6.07, 6.45) is 1.20. The van der Waals surface area contributed by atoms with Crippen LogP contribution < -0.4 is 4.74 Å². The molecule has 5 nitrogen and oxygen atoms in total. The third-order valence-corrected chi connectivity index (χ3v) is 2.88. The number of oxazole rings is 1. The highest BCUT2D eigenvalue weighted by molar-refractivity contribution is 5.80. The van der Waals surface area contributed by atoms with Gasteiger partial charge in [-0.15, -0.1) is 0 Å². The molecular formula is C13H13NO4. The molecule has 1 aromatic carbocycles. The van der Waals surface area contributed by atoms with Crippen molar-refractivity contribution in [3.63, 3.8) is 0 Å². The highest BCUT2D eigenvalue weighted by Crippen LogP contribution is 2.22. The van der Waals surface area contributed by atoms with E-state index in [-0.39, 0.29) is 5.97 Å². The van der Waals surface area contributed by atoms with Gasteiger partial charge in [-0.2, -0.15) is 0 Å². The monoisotopic (exact) mass is 247 g/mol. The SMILES string of the molecule is Cc1nc2cc(OC(=O)C3CCCO3)ccc2o1. The lowest BCUT2D eigenvalue weighted by Gasteiger charge is -2.08. The molecule has 0 bridgehead atoms. The van der Waals surface area contributed by atoms with Gasteiger partial charge in [0.15, 0.2) is 17.6 Å². The summed E-state index contributed by atoms with van der Waals surface area (Å²) in [5, 5.41) is 0. The van der Waals surface area contributed by atoms with Gasteiger partial charge in [0, 0.05) is 19.6 Å². The summed E-state index contributed by atoms with van der Waals surface area (Å²) in [7, 11) is 0. The summed E-state index contributed by atoms with van der Waals surface area (Å²) in [5.41, 5.74) is 1.37. The lowest BCUT2D eigenvalue weighted by atomic mass is 10.2. The molecule has 1 aliphatic rings. The Balaban J connectivity index is 1.79. The number of hydrogen-bond acceptors (Lipinski definition) is 5. The predicted octanol–water partition coefficient (Wildman–Crippen LogP) is 2.22. The number of hydrogen-bond donors (Lipinski definition) is 0. The number of ether oxygens (including phenoxy) is 2. The van der Waals surface area contributed by atoms with Crippen molar-refractivity contribution in [2.24, 2.45) is 0 Å². The Morgan fingerprint density at radius 1 is 1.50 bits per heavy atom. The summed E-state index contributed by atoms with van der Waals surface area (Å²) < 4.78 is 15.9. The minimum Gasteiger partial charge on any atom is -0.441 e. The lowest BCUT2D eigenvalue weighted by Crippen LogP contribution is -2.24. The van der Waals surface area contributed by atoms with Crippen molar-refractivity contribution in [2.45, 2.75) is 25.9 Å². The van der Waals surface area contributed by atoms with Crippen LogP contribution in [0.1, 0.15) is 18.7 Å². The Morgan fingerprint density at radius 2 is 2.39 bits per heavy atom. The first-order valence-electron chi connectivity index (χ1n) is 5.93. The highest BCUT2D eigenvalue weighted by atomic mass is 16.6. The summed E-state index contributed by atoms with van der Waals surface area (Å²) >= 11 is 0. The van der Waals surface area contributed by atoms with Crippen molar-refractivity contribution in [1.82, 2.24) is 4.98 Å². The maximum atomic E-state index is 11.8. The summed E-state index contributed by atoms with van der Waals surface area (Å²) in [4.78, 5) is 16.0. The fourth-order valence-corrected chi connectivity index (χ4v) is 2.03. The normalized spacial score (nSPS) is 19.3. The van der Waals surface area contributed by atoms with Crippen LogP contribution >= 0.6 is 0 Å². The van der Waals surface area contributed by atoms with E-state index in [1.54, 1.807) is 25.1 Å². The Labute approximate surface area is 104 Å². The number of nitrogens with zero attached hydrogens (tertiary/aromatic N) is 1. The van der Waals surface area contributed by atoms with Crippen LogP contribution in [0.15, 0.2) is 22.6 Å². The zero-order valence-electron chi connectivity index (χ0n) is 10.0. The molecule has 0 aliphatic carbocycles. The molecule has 0 spiro atoms. The number of carbonyl (C=O) groups is 1. The summed E-state index contributed by atoms with van der Waals surface area (Å²) in [5.74, 6) is 0.718. The van der Waals surface area contributed by atoms with E-state index >= 15 is 0 Å². The quantitative estimate of drug-likeness (QED) is 0.601. The first-order chi connectivity index (χ1) is 8.72. The maximum absolute atomic E-state index is 11.8. The van der Waals surface area contributed by atoms with Gasteiger partial charge in [0.2, 0.25) is 0 Å². The number of esters is 1. The second-order valence-corrected chi connectivity index (χ2v) is 4.29. The molecule has 0 saturated carbocycles. The number of aromatic nitrogens is 1. The zero-order valence-corrected chi connectivity index (χ0v) is 10.0. The van der Waals surface area contributed by atoms with Crippen molar-refractivity contribution in [2.75, 3.05) is 6.61 Å². The van der Waals surface area contributed by atoms with Gasteiger partial charge in [-0.05, 0) is 25.0 Å². The molecule has 0 radical (unpaired) electrons. The molecule has 1 aliphatic heterocycles. The molecule has 2 heterocycles. The standard InChI is InChI=1S/C13H13NO4/c1-8-14-10-7-9(4-5-11(10)17-8)18-13(15)12-3-2-6-16-12/h4-5,7,12H,2-3,6H2,1H3. The smallest absolute Gasteiger partial charge is 0.340 e. The van der Waals surface area contributed by atoms with Crippen molar-refractivity contribution >= 4 is 17.1 Å². The van der Waals surface area contributed by atoms with E-state index in [1.807, 2.05) is 0 Å². The van der Waals surface area contributed by atoms with Crippen LogP contribution in [0.4, 0.5) is 0 Å². The van der Waals surface area contributed by atoms with Crippen molar-refractivity contribution in [3.8, 4) is 5.75 Å². The van der Waals surface area contributed by atoms with Crippen molar-refractivity contribution < 1.29 is 18.7 Å². The lowest BCUT2D eigenvalue weighted by molar-refractivity contribution is -0.144. The minimum atomic E-state index is -0.431. The number of rotatable bonds is 2. The molecule has 0 N–H and O–H groups in total. The molecule has 2 aromatic rings. The molecule has 1 saturated heterocycles. The van der Waals surface area contributed by atoms with E-state index in [0.29, 0.717) is 29.3 Å². The average Bonchev–Trinajstić information content (AvgIpc) is 2.95. The predicted molar refractivity (Wildman–Crippen MR) is 63.4 cm³/mol. The van der Waals surface area contributed by atoms with Gasteiger partial charge in [-0.3, -0.25) is 0 Å². The van der Waals surface area contributed by atoms with Gasteiger partial charge in [-0.25, -0.2) is 9.78 Å². The Hall–Kier alpha value is -1.88. The van der Waals surface area contributed by atoms with Crippen LogP contribution in [0.5, 0.6) is 5.75 Å². The first-order valence-corrected chi connectivity index (χ1v) is 5.93. The van der Waals surface area contributed by atoms with Crippen LogP contribution in [-0.4, -0.2) is 23.7 Å². The molecule has 94 valence electrons. The van der Waals surface area contributed by atoms with E-state index in [1.165, 1.54) is 0 Å². The van der Waals surface area contributed by atoms with Crippen molar-refractivity contribution in [1.29, 1.82) is 0 Å². The zero-order chi connectivity index (χ0) is 12.5. The van der Waals surface area contributed by atoms with Crippen LogP contribution in [-0.2, 0) is 9.53 Å². The maximum Gasteiger partial charge on any atom is 0.340 e. The summed E-state index contributed by atoms with van der Waals surface area (Å²) in [6.45, 7) is 2.40. The molecule has 5 heteroatoms. The average molecular weight is 247 g/mol. The van der Waals surface area contributed by atoms with Crippen molar-refractivity contribution in [3.05, 3.63) is 24.1 Å². The third kappa shape index (κ3) is 2.09. The Bertz CT molecular complexity index is 584. The number of benzene rings is 1. The second kappa shape index (κ2) is 4.42. The van der Waals surface area contributed by atoms with Crippen LogP contribution in [0.2, 0.25) is 0 Å². The topological polar surface area (TPSA) is 61.6 Å². The fraction of sp³-hybridized carbons (Fsp3) is 0.385. The van der Waals surface area contributed by atoms with Crippen LogP contribution in [0, 0.1) is 6.92 Å². The van der Waals surface area contributed by atoms with Gasteiger partial charge in [0.25, 0.3) is 0 Å². The molecule has 0 amide bonds. The number of aryl methyl sites for hydroxylation is 1. The van der Waals surface area contributed by atoms with Gasteiger partial charge in [0.1, 0.15) is 11.3 Å². The van der Waals surface area contributed by atoms with E-state index < -0.39 is 6.10 Å². The Morgan fingerprint density at radius 3 is 3.17 bits per heavy atom. The van der Waals surface area contributed by atoms with Crippen LogP contribution in [0.25, 0.3) is 11.1 Å². The largest absolute Gasteiger partial charge is 0.441 e. The molecule has 1 fully saturated rings. The van der Waals surface area contributed by atoms with E-state index in [9.17, 15) is 4.79 Å². The molecule has 1 unspecified atom stereocenters. The molecule has 18 heavy (non-hydrogen) atoms. The van der Waals surface area contributed by atoms with Gasteiger partial charge in [-0.1, -0.05) is 0 Å². The summed E-state index contributed by atoms with van der Waals surface area (Å²) in [6, 6.07) is 5.13. The third-order valence-electron chi connectivity index (χ3n) is 2.88. The van der Waals surface area contributed by atoms with Gasteiger partial charge in [0.05, 0.1) is 0 Å². The second-order valence-electron chi connectivity index (χ2n) is 4.29. The van der Waals surface area contributed by atoms with E-state index in [2.05, 4.69) is 4.98 Å². The Kier molecular flexibility index (Phi) is 2.76. The van der Waals surface area contributed by atoms with Gasteiger partial charge >= 0.3 is 5.97 Å². The van der Waals surface area contributed by atoms with E-state index in [4.69, 9.17) is 13.9 Å². The first kappa shape index (κ1) is 11.2.